The van der Waals surface area contributed by atoms with E-state index in [1.807, 2.05) is 0 Å². The molecule has 0 atom stereocenters. The van der Waals surface area contributed by atoms with E-state index in [4.69, 9.17) is 0 Å². The molecule has 9 aromatic rings. The maximum absolute atomic E-state index is 2.49. The van der Waals surface area contributed by atoms with Crippen LogP contribution in [0.4, 0.5) is 0 Å². The SMILES string of the molecule is CC1(C)c2ccccc2-c2ccc(-c3ccc4c(-c5ccc(-c6ccccc6)cc5)c5ccccc5c(-c5cccc6c5-c5ccccc5C6(C)C)c4c3)cc21. The molecule has 11 rings (SSSR count). The highest BCUT2D eigenvalue weighted by molar-refractivity contribution is 6.23. The van der Waals surface area contributed by atoms with E-state index >= 15 is 0 Å². The van der Waals surface area contributed by atoms with E-state index in [9.17, 15) is 0 Å². The molecule has 2 aliphatic rings. The Morgan fingerprint density at radius 2 is 0.732 bits per heavy atom. The van der Waals surface area contributed by atoms with E-state index < -0.39 is 0 Å². The first-order chi connectivity index (χ1) is 27.3. The van der Waals surface area contributed by atoms with Crippen LogP contribution >= 0.6 is 0 Å². The molecule has 0 saturated carbocycles. The largest absolute Gasteiger partial charge is 0.0622 e. The van der Waals surface area contributed by atoms with E-state index in [0.29, 0.717) is 0 Å². The fourth-order valence-corrected chi connectivity index (χ4v) is 10.3. The Morgan fingerprint density at radius 1 is 0.250 bits per heavy atom. The zero-order chi connectivity index (χ0) is 37.8. The fourth-order valence-electron chi connectivity index (χ4n) is 10.3. The normalized spacial score (nSPS) is 14.4. The molecule has 0 heteroatoms. The predicted molar refractivity (Wildman–Crippen MR) is 238 cm³/mol. The summed E-state index contributed by atoms with van der Waals surface area (Å²) in [5, 5.41) is 5.10. The number of rotatable bonds is 4. The molecule has 0 aromatic heterocycles. The van der Waals surface area contributed by atoms with Crippen molar-refractivity contribution in [2.45, 2.75) is 38.5 Å². The van der Waals surface area contributed by atoms with Crippen LogP contribution in [0.3, 0.4) is 0 Å². The van der Waals surface area contributed by atoms with E-state index in [1.54, 1.807) is 0 Å². The lowest BCUT2D eigenvalue weighted by Gasteiger charge is -2.23. The molecule has 0 heterocycles. The van der Waals surface area contributed by atoms with Crippen molar-refractivity contribution in [3.05, 3.63) is 204 Å². The Morgan fingerprint density at radius 3 is 1.50 bits per heavy atom. The zero-order valence-electron chi connectivity index (χ0n) is 32.3. The van der Waals surface area contributed by atoms with E-state index in [2.05, 4.69) is 210 Å². The van der Waals surface area contributed by atoms with Crippen molar-refractivity contribution in [3.8, 4) is 66.8 Å². The molecule has 0 unspecified atom stereocenters. The molecule has 9 aromatic carbocycles. The van der Waals surface area contributed by atoms with Gasteiger partial charge in [-0.2, -0.15) is 0 Å². The Hall–Kier alpha value is -6.50. The van der Waals surface area contributed by atoms with Crippen LogP contribution in [0.2, 0.25) is 0 Å². The Balaban J connectivity index is 1.20. The highest BCUT2D eigenvalue weighted by Crippen LogP contribution is 2.55. The zero-order valence-corrected chi connectivity index (χ0v) is 32.3. The van der Waals surface area contributed by atoms with Gasteiger partial charge in [-0.05, 0) is 123 Å². The fraction of sp³-hybridized carbons (Fsp3) is 0.107. The molecule has 2 aliphatic carbocycles. The van der Waals surface area contributed by atoms with Gasteiger partial charge in [-0.3, -0.25) is 0 Å². The van der Waals surface area contributed by atoms with Crippen molar-refractivity contribution in [3.63, 3.8) is 0 Å². The van der Waals surface area contributed by atoms with Gasteiger partial charge in [0.15, 0.2) is 0 Å². The summed E-state index contributed by atoms with van der Waals surface area (Å²) in [6.45, 7) is 9.50. The van der Waals surface area contributed by atoms with Crippen molar-refractivity contribution in [1.82, 2.24) is 0 Å². The van der Waals surface area contributed by atoms with Gasteiger partial charge in [-0.25, -0.2) is 0 Å². The highest BCUT2D eigenvalue weighted by Gasteiger charge is 2.38. The van der Waals surface area contributed by atoms with Crippen molar-refractivity contribution in [2.24, 2.45) is 0 Å². The van der Waals surface area contributed by atoms with Crippen LogP contribution in [-0.4, -0.2) is 0 Å². The van der Waals surface area contributed by atoms with Gasteiger partial charge in [0.25, 0.3) is 0 Å². The second-order valence-corrected chi connectivity index (χ2v) is 16.8. The molecule has 0 spiro atoms. The molecule has 0 saturated heterocycles. The average Bonchev–Trinajstić information content (AvgIpc) is 3.62. The average molecular weight is 715 g/mol. The number of fused-ring (bicyclic) bond motifs is 8. The molecular formula is C56H42. The van der Waals surface area contributed by atoms with Crippen LogP contribution in [0.25, 0.3) is 88.3 Å². The summed E-state index contributed by atoms with van der Waals surface area (Å²) in [6, 6.07) is 68.3. The lowest BCUT2D eigenvalue weighted by molar-refractivity contribution is 0.660. The minimum absolute atomic E-state index is 0.0655. The summed E-state index contributed by atoms with van der Waals surface area (Å²) in [4.78, 5) is 0. The summed E-state index contributed by atoms with van der Waals surface area (Å²) in [5.41, 5.74) is 20.9. The molecule has 0 fully saturated rings. The lowest BCUT2D eigenvalue weighted by Crippen LogP contribution is -2.14. The topological polar surface area (TPSA) is 0 Å². The van der Waals surface area contributed by atoms with Gasteiger partial charge in [-0.1, -0.05) is 198 Å². The van der Waals surface area contributed by atoms with Crippen molar-refractivity contribution < 1.29 is 0 Å². The monoisotopic (exact) mass is 714 g/mol. The maximum atomic E-state index is 2.49. The molecule has 0 amide bonds. The second-order valence-electron chi connectivity index (χ2n) is 16.8. The maximum Gasteiger partial charge on any atom is 0.0159 e. The van der Waals surface area contributed by atoms with Gasteiger partial charge in [0.1, 0.15) is 0 Å². The molecule has 56 heavy (non-hydrogen) atoms. The molecular weight excluding hydrogens is 673 g/mol. The van der Waals surface area contributed by atoms with Gasteiger partial charge >= 0.3 is 0 Å². The Kier molecular flexibility index (Phi) is 7.05. The summed E-state index contributed by atoms with van der Waals surface area (Å²) in [6.07, 6.45) is 0. The Labute approximate surface area is 329 Å². The number of benzene rings is 9. The van der Waals surface area contributed by atoms with Gasteiger partial charge in [-0.15, -0.1) is 0 Å². The number of hydrogen-bond donors (Lipinski definition) is 0. The summed E-state index contributed by atoms with van der Waals surface area (Å²) >= 11 is 0. The first-order valence-electron chi connectivity index (χ1n) is 19.9. The van der Waals surface area contributed by atoms with E-state index in [-0.39, 0.29) is 10.8 Å². The predicted octanol–water partition coefficient (Wildman–Crippen LogP) is 15.3. The quantitative estimate of drug-likeness (QED) is 0.159. The van der Waals surface area contributed by atoms with Gasteiger partial charge in [0.2, 0.25) is 0 Å². The lowest BCUT2D eigenvalue weighted by atomic mass is 9.80. The minimum Gasteiger partial charge on any atom is -0.0622 e. The van der Waals surface area contributed by atoms with E-state index in [0.717, 1.165) is 0 Å². The van der Waals surface area contributed by atoms with Crippen molar-refractivity contribution in [1.29, 1.82) is 0 Å². The van der Waals surface area contributed by atoms with E-state index in [1.165, 1.54) is 111 Å². The minimum atomic E-state index is -0.0893. The third kappa shape index (κ3) is 4.66. The summed E-state index contributed by atoms with van der Waals surface area (Å²) in [5.74, 6) is 0. The third-order valence-electron chi connectivity index (χ3n) is 13.1. The molecule has 0 nitrogen and oxygen atoms in total. The molecule has 266 valence electrons. The van der Waals surface area contributed by atoms with Gasteiger partial charge < -0.3 is 0 Å². The van der Waals surface area contributed by atoms with Crippen LogP contribution in [-0.2, 0) is 10.8 Å². The first-order valence-corrected chi connectivity index (χ1v) is 19.9. The van der Waals surface area contributed by atoms with Crippen molar-refractivity contribution in [2.75, 3.05) is 0 Å². The van der Waals surface area contributed by atoms with Crippen LogP contribution in [0.1, 0.15) is 49.9 Å². The second kappa shape index (κ2) is 12.0. The van der Waals surface area contributed by atoms with Gasteiger partial charge in [0, 0.05) is 10.8 Å². The first kappa shape index (κ1) is 32.9. The van der Waals surface area contributed by atoms with Gasteiger partial charge in [0.05, 0.1) is 0 Å². The van der Waals surface area contributed by atoms with Crippen LogP contribution in [0.5, 0.6) is 0 Å². The molecule has 0 radical (unpaired) electrons. The standard InChI is InChI=1S/C56H42/c1-55(2)49-23-13-11-20-45(49)54-46(21-14-24-50(54)55)53-43-19-9-8-18-42(43)52(37-27-25-36(26-28-37)35-15-6-5-7-16-35)44-32-30-38(33-47(44)53)39-29-31-41-40-17-10-12-22-48(40)56(3,4)51(41)34-39/h5-34H,1-4H3. The third-order valence-corrected chi connectivity index (χ3v) is 13.1. The smallest absolute Gasteiger partial charge is 0.0159 e. The van der Waals surface area contributed by atoms with Crippen molar-refractivity contribution >= 4 is 21.5 Å². The molecule has 0 aliphatic heterocycles. The Bertz CT molecular complexity index is 3050. The number of hydrogen-bond acceptors (Lipinski definition) is 0. The highest BCUT2D eigenvalue weighted by atomic mass is 14.4. The van der Waals surface area contributed by atoms with Crippen LogP contribution in [0.15, 0.2) is 182 Å². The molecule has 0 bridgehead atoms. The summed E-state index contributed by atoms with van der Waals surface area (Å²) < 4.78 is 0. The van der Waals surface area contributed by atoms with Crippen LogP contribution in [0, 0.1) is 0 Å². The summed E-state index contributed by atoms with van der Waals surface area (Å²) in [7, 11) is 0. The molecule has 0 N–H and O–H groups in total. The van der Waals surface area contributed by atoms with Crippen LogP contribution < -0.4 is 0 Å².